The zero-order valence-electron chi connectivity index (χ0n) is 42.2. The first kappa shape index (κ1) is 47.8. The highest BCUT2D eigenvalue weighted by atomic mass is 16.5. The minimum absolute atomic E-state index is 0.0385. The number of carbonyl (C=O) groups is 3. The maximum Gasteiger partial charge on any atom is 0.309 e. The van der Waals surface area contributed by atoms with Crippen LogP contribution in [0.2, 0.25) is 0 Å². The van der Waals surface area contributed by atoms with Crippen molar-refractivity contribution in [3.63, 3.8) is 0 Å². The second-order valence-electron chi connectivity index (χ2n) is 24.4. The summed E-state index contributed by atoms with van der Waals surface area (Å²) in [6, 6.07) is 19.5. The molecule has 1 saturated heterocycles. The third kappa shape index (κ3) is 7.83. The van der Waals surface area contributed by atoms with Gasteiger partial charge in [0.15, 0.2) is 0 Å². The van der Waals surface area contributed by atoms with Crippen LogP contribution in [0.3, 0.4) is 0 Å². The molecule has 12 atom stereocenters. The summed E-state index contributed by atoms with van der Waals surface area (Å²) in [6.45, 7) is 26.7. The quantitative estimate of drug-likeness (QED) is 0.130. The van der Waals surface area contributed by atoms with E-state index in [1.165, 1.54) is 12.0 Å². The zero-order chi connectivity index (χ0) is 47.7. The lowest BCUT2D eigenvalue weighted by molar-refractivity contribution is -0.224. The second-order valence-corrected chi connectivity index (χ2v) is 24.4. The van der Waals surface area contributed by atoms with Crippen molar-refractivity contribution in [2.45, 2.75) is 171 Å². The Morgan fingerprint density at radius 2 is 1.52 bits per heavy atom. The van der Waals surface area contributed by atoms with Gasteiger partial charge in [-0.1, -0.05) is 140 Å². The molecule has 67 heavy (non-hydrogen) atoms. The van der Waals surface area contributed by atoms with Crippen molar-refractivity contribution in [3.05, 3.63) is 84.3 Å². The predicted molar refractivity (Wildman–Crippen MR) is 261 cm³/mol. The minimum atomic E-state index is -0.534. The number of fused-ring (bicyclic) bond motifs is 2. The number of allylic oxidation sites excluding steroid dienone is 1. The molecule has 2 aromatic carbocycles. The molecule has 2 heterocycles. The molecule has 362 valence electrons. The number of aromatic nitrogens is 2. The average Bonchev–Trinajstić information content (AvgIpc) is 4.08. The number of benzene rings is 2. The van der Waals surface area contributed by atoms with Crippen LogP contribution in [-0.4, -0.2) is 45.5 Å². The summed E-state index contributed by atoms with van der Waals surface area (Å²) in [5.74, 6) is 1.81. The van der Waals surface area contributed by atoms with Gasteiger partial charge in [0.2, 0.25) is 17.6 Å². The molecule has 2 unspecified atom stereocenters. The Morgan fingerprint density at radius 1 is 0.821 bits per heavy atom. The monoisotopic (exact) mass is 914 g/mol. The Hall–Kier alpha value is -4.27. The Kier molecular flexibility index (Phi) is 12.6. The van der Waals surface area contributed by atoms with Gasteiger partial charge in [-0.25, -0.2) is 0 Å². The van der Waals surface area contributed by atoms with Crippen molar-refractivity contribution in [1.29, 1.82) is 0 Å². The summed E-state index contributed by atoms with van der Waals surface area (Å²) in [7, 11) is 0. The van der Waals surface area contributed by atoms with E-state index < -0.39 is 10.8 Å². The zero-order valence-corrected chi connectivity index (χ0v) is 42.2. The van der Waals surface area contributed by atoms with Gasteiger partial charge in [-0.15, -0.1) is 0 Å². The first-order chi connectivity index (χ1) is 31.8. The van der Waals surface area contributed by atoms with Gasteiger partial charge in [-0.3, -0.25) is 14.4 Å². The minimum Gasteiger partial charge on any atom is -0.462 e. The fourth-order valence-electron chi connectivity index (χ4n) is 16.2. The van der Waals surface area contributed by atoms with Crippen molar-refractivity contribution in [1.82, 2.24) is 15.0 Å². The molecular formula is C58H79N3O6. The topological polar surface area (TPSA) is 112 Å². The summed E-state index contributed by atoms with van der Waals surface area (Å²) >= 11 is 0. The van der Waals surface area contributed by atoms with Crippen LogP contribution in [0.25, 0.3) is 11.4 Å². The maximum absolute atomic E-state index is 15.5. The summed E-state index contributed by atoms with van der Waals surface area (Å²) < 4.78 is 18.3. The third-order valence-corrected chi connectivity index (χ3v) is 20.5. The first-order valence-electron chi connectivity index (χ1n) is 26.1. The average molecular weight is 914 g/mol. The van der Waals surface area contributed by atoms with Crippen molar-refractivity contribution < 1.29 is 28.4 Å². The molecule has 6 aliphatic rings. The van der Waals surface area contributed by atoms with Crippen LogP contribution in [0.4, 0.5) is 0 Å². The Bertz CT molecular complexity index is 2320. The van der Waals surface area contributed by atoms with E-state index in [-0.39, 0.29) is 70.1 Å². The first-order valence-corrected chi connectivity index (χ1v) is 26.1. The molecular weight excluding hydrogens is 835 g/mol. The number of amides is 1. The molecule has 3 aromatic rings. The number of hydrogen-bond acceptors (Lipinski definition) is 8. The van der Waals surface area contributed by atoms with Gasteiger partial charge in [0.25, 0.3) is 0 Å². The van der Waals surface area contributed by atoms with Crippen LogP contribution >= 0.6 is 0 Å². The van der Waals surface area contributed by atoms with E-state index in [9.17, 15) is 9.59 Å². The molecule has 9 rings (SSSR count). The number of hydrogen-bond donors (Lipinski definition) is 0. The van der Waals surface area contributed by atoms with Gasteiger partial charge in [0.1, 0.15) is 18.8 Å². The van der Waals surface area contributed by atoms with Gasteiger partial charge < -0.3 is 18.9 Å². The highest BCUT2D eigenvalue weighted by molar-refractivity contribution is 5.85. The third-order valence-electron chi connectivity index (χ3n) is 20.5. The highest BCUT2D eigenvalue weighted by Crippen LogP contribution is 2.74. The molecule has 9 nitrogen and oxygen atoms in total. The predicted octanol–water partition coefficient (Wildman–Crippen LogP) is 13.2. The molecule has 0 radical (unpaired) electrons. The van der Waals surface area contributed by atoms with Gasteiger partial charge >= 0.3 is 11.9 Å². The second kappa shape index (κ2) is 17.6. The number of ether oxygens (including phenoxy) is 2. The number of esters is 2. The standard InChI is InChI=1S/C58H79N3O6/c1-11-19-46-56(9)28-27-47(66-51(63)42-34-41(53(42,4)5)50(62)65-36-38-20-14-12-15-21-38)54(6,7)45(56)26-29-57(46,10)55(8)31-32-58(30-25-40(37(2)3)43(58)35-55)52(64)61-33-18-24-44(61)49-59-48(60-67-49)39-22-16-13-17-23-39/h12-17,20-23,40-47H,2,11,18-19,24-36H2,1,3-10H3/t40-,41?,42?,43-,44+,45-,46+,47-,55+,56-,57+,58-/m0/s1. The molecule has 5 aliphatic carbocycles. The molecule has 0 bridgehead atoms. The van der Waals surface area contributed by atoms with E-state index in [1.54, 1.807) is 0 Å². The molecule has 5 saturated carbocycles. The molecule has 0 spiro atoms. The van der Waals surface area contributed by atoms with Crippen LogP contribution in [0.15, 0.2) is 77.3 Å². The normalized spacial score (nSPS) is 37.4. The van der Waals surface area contributed by atoms with Crippen LogP contribution < -0.4 is 0 Å². The van der Waals surface area contributed by atoms with E-state index in [0.29, 0.717) is 41.8 Å². The fourth-order valence-corrected chi connectivity index (χ4v) is 16.2. The smallest absolute Gasteiger partial charge is 0.309 e. The number of carbonyl (C=O) groups excluding carboxylic acids is 3. The van der Waals surface area contributed by atoms with Gasteiger partial charge in [0.05, 0.1) is 17.3 Å². The lowest BCUT2D eigenvalue weighted by Crippen LogP contribution is -2.63. The summed E-state index contributed by atoms with van der Waals surface area (Å²) in [4.78, 5) is 49.8. The lowest BCUT2D eigenvalue weighted by atomic mass is 9.36. The summed E-state index contributed by atoms with van der Waals surface area (Å²) in [5, 5.41) is 4.36. The molecule has 6 fully saturated rings. The van der Waals surface area contributed by atoms with E-state index in [4.69, 9.17) is 19.0 Å². The Labute approximate surface area is 401 Å². The van der Waals surface area contributed by atoms with E-state index >= 15 is 4.79 Å². The van der Waals surface area contributed by atoms with Gasteiger partial charge in [0, 0.05) is 17.5 Å². The maximum atomic E-state index is 15.5. The van der Waals surface area contributed by atoms with Crippen LogP contribution in [0.1, 0.15) is 170 Å². The molecule has 1 aromatic heterocycles. The van der Waals surface area contributed by atoms with E-state index in [0.717, 1.165) is 94.7 Å². The number of nitrogens with zero attached hydrogens (tertiary/aromatic N) is 3. The Morgan fingerprint density at radius 3 is 2.21 bits per heavy atom. The van der Waals surface area contributed by atoms with Crippen molar-refractivity contribution in [2.24, 2.45) is 68.0 Å². The summed E-state index contributed by atoms with van der Waals surface area (Å²) in [6.07, 6.45) is 13.3. The van der Waals surface area contributed by atoms with E-state index in [2.05, 4.69) is 65.1 Å². The largest absolute Gasteiger partial charge is 0.462 e. The van der Waals surface area contributed by atoms with Crippen LogP contribution in [-0.2, 0) is 30.5 Å². The number of rotatable bonds is 12. The van der Waals surface area contributed by atoms with Gasteiger partial charge in [-0.2, -0.15) is 4.98 Å². The molecule has 1 amide bonds. The fraction of sp³-hybridized carbons (Fsp3) is 0.672. The van der Waals surface area contributed by atoms with E-state index in [1.807, 2.05) is 74.5 Å². The highest BCUT2D eigenvalue weighted by Gasteiger charge is 2.68. The van der Waals surface area contributed by atoms with Crippen molar-refractivity contribution >= 4 is 17.8 Å². The lowest BCUT2D eigenvalue weighted by Gasteiger charge is -2.69. The SMILES string of the molecule is C=C(C)[C@@H]1CC[C@]2(C(=O)N3CCC[C@@H]3c3nc(-c4ccccc4)no3)CC[C@@](C)([C@]3(C)CC[C@H]4C(C)(C)[C@@H](OC(=O)C5CC(C(=O)OCc6ccccc6)C5(C)C)CC[C@]4(C)[C@H]3CCC)C[C@@H]12. The molecule has 9 heteroatoms. The summed E-state index contributed by atoms with van der Waals surface area (Å²) in [5.41, 5.74) is 2.10. The van der Waals surface area contributed by atoms with Crippen molar-refractivity contribution in [2.75, 3.05) is 6.54 Å². The molecule has 0 N–H and O–H groups in total. The van der Waals surface area contributed by atoms with Crippen molar-refractivity contribution in [3.8, 4) is 11.4 Å². The van der Waals surface area contributed by atoms with Crippen LogP contribution in [0, 0.1) is 68.0 Å². The number of likely N-dealkylation sites (tertiary alicyclic amines) is 1. The Balaban J connectivity index is 0.910. The van der Waals surface area contributed by atoms with Crippen LogP contribution in [0.5, 0.6) is 0 Å². The van der Waals surface area contributed by atoms with Gasteiger partial charge in [-0.05, 0) is 141 Å². The molecule has 1 aliphatic heterocycles.